The topological polar surface area (TPSA) is 69.5 Å². The number of aliphatic hydroxyl groups is 1. The van der Waals surface area contributed by atoms with Gasteiger partial charge in [-0.1, -0.05) is 29.8 Å². The number of hydrogen-bond donors (Lipinski definition) is 3. The van der Waals surface area contributed by atoms with Crippen LogP contribution in [0.15, 0.2) is 53.8 Å². The Morgan fingerprint density at radius 3 is 2.42 bits per heavy atom. The molecule has 1 aromatic heterocycles. The molecule has 3 N–H and O–H groups in total. The number of aliphatic imine (C=N–C) groups is 1. The van der Waals surface area contributed by atoms with Crippen molar-refractivity contribution in [3.63, 3.8) is 0 Å². The summed E-state index contributed by atoms with van der Waals surface area (Å²) in [4.78, 5) is 8.50. The van der Waals surface area contributed by atoms with Crippen LogP contribution in [0.3, 0.4) is 0 Å². The fraction of sp³-hybridized carbons (Fsp3) is 0.333. The van der Waals surface area contributed by atoms with Crippen molar-refractivity contribution in [3.05, 3.63) is 65.5 Å². The Morgan fingerprint density at radius 2 is 1.79 bits per heavy atom. The van der Waals surface area contributed by atoms with Crippen LogP contribution in [0.4, 0.5) is 0 Å². The zero-order valence-electron chi connectivity index (χ0n) is 14.1. The van der Waals surface area contributed by atoms with Gasteiger partial charge < -0.3 is 15.7 Å². The number of aryl methyl sites for hydroxylation is 1. The second kappa shape index (κ2) is 11.0. The molecule has 2 aromatic rings. The molecule has 24 heavy (non-hydrogen) atoms. The SMILES string of the molecule is CCNC(=NCc1ccc(C)cc1)NCC(O)c1ccncc1.I. The zero-order chi connectivity index (χ0) is 16.5. The average Bonchev–Trinajstić information content (AvgIpc) is 2.59. The summed E-state index contributed by atoms with van der Waals surface area (Å²) in [5.74, 6) is 0.696. The molecule has 1 aromatic carbocycles. The molecule has 0 aliphatic carbocycles. The molecule has 6 heteroatoms. The molecule has 0 saturated heterocycles. The van der Waals surface area contributed by atoms with Gasteiger partial charge in [0.2, 0.25) is 0 Å². The summed E-state index contributed by atoms with van der Waals surface area (Å²) in [6.45, 7) is 5.84. The first-order valence-electron chi connectivity index (χ1n) is 7.84. The number of guanidine groups is 1. The Labute approximate surface area is 160 Å². The maximum atomic E-state index is 10.2. The van der Waals surface area contributed by atoms with Crippen molar-refractivity contribution in [1.29, 1.82) is 0 Å². The number of aliphatic hydroxyl groups excluding tert-OH is 1. The number of halogens is 1. The highest BCUT2D eigenvalue weighted by molar-refractivity contribution is 14.0. The fourth-order valence-corrected chi connectivity index (χ4v) is 2.10. The number of aromatic nitrogens is 1. The lowest BCUT2D eigenvalue weighted by atomic mass is 10.1. The van der Waals surface area contributed by atoms with Gasteiger partial charge in [0.1, 0.15) is 0 Å². The van der Waals surface area contributed by atoms with Crippen molar-refractivity contribution in [2.45, 2.75) is 26.5 Å². The van der Waals surface area contributed by atoms with E-state index in [1.165, 1.54) is 5.56 Å². The van der Waals surface area contributed by atoms with Crippen molar-refractivity contribution in [2.75, 3.05) is 13.1 Å². The van der Waals surface area contributed by atoms with E-state index in [1.54, 1.807) is 12.4 Å². The van der Waals surface area contributed by atoms with Crippen LogP contribution in [0, 0.1) is 6.92 Å². The molecule has 0 aliphatic rings. The average molecular weight is 440 g/mol. The summed E-state index contributed by atoms with van der Waals surface area (Å²) in [5.41, 5.74) is 3.23. The minimum Gasteiger partial charge on any atom is -0.387 e. The number of nitrogens with zero attached hydrogens (tertiary/aromatic N) is 2. The highest BCUT2D eigenvalue weighted by Crippen LogP contribution is 2.09. The van der Waals surface area contributed by atoms with Gasteiger partial charge in [-0.05, 0) is 37.1 Å². The first-order chi connectivity index (χ1) is 11.2. The Morgan fingerprint density at radius 1 is 1.12 bits per heavy atom. The highest BCUT2D eigenvalue weighted by atomic mass is 127. The highest BCUT2D eigenvalue weighted by Gasteiger charge is 2.07. The van der Waals surface area contributed by atoms with Crippen LogP contribution >= 0.6 is 24.0 Å². The third kappa shape index (κ3) is 6.84. The lowest BCUT2D eigenvalue weighted by Gasteiger charge is -2.15. The van der Waals surface area contributed by atoms with Crippen LogP contribution in [0.2, 0.25) is 0 Å². The first-order valence-corrected chi connectivity index (χ1v) is 7.84. The molecule has 0 spiro atoms. The molecule has 0 bridgehead atoms. The molecule has 2 rings (SSSR count). The minimum atomic E-state index is -0.596. The predicted octanol–water partition coefficient (Wildman–Crippen LogP) is 2.80. The van der Waals surface area contributed by atoms with Crippen LogP contribution < -0.4 is 10.6 Å². The summed E-state index contributed by atoms with van der Waals surface area (Å²) in [6, 6.07) is 11.9. The van der Waals surface area contributed by atoms with Gasteiger partial charge in [-0.15, -0.1) is 24.0 Å². The first kappa shape index (κ1) is 20.4. The van der Waals surface area contributed by atoms with Gasteiger partial charge in [-0.25, -0.2) is 4.99 Å². The van der Waals surface area contributed by atoms with Crippen molar-refractivity contribution >= 4 is 29.9 Å². The fourth-order valence-electron chi connectivity index (χ4n) is 2.10. The van der Waals surface area contributed by atoms with Crippen molar-refractivity contribution < 1.29 is 5.11 Å². The normalized spacial score (nSPS) is 12.2. The second-order valence-corrected chi connectivity index (χ2v) is 5.36. The predicted molar refractivity (Wildman–Crippen MR) is 109 cm³/mol. The summed E-state index contributed by atoms with van der Waals surface area (Å²) in [6.07, 6.45) is 2.76. The van der Waals surface area contributed by atoms with Crippen LogP contribution in [0.1, 0.15) is 29.7 Å². The van der Waals surface area contributed by atoms with Gasteiger partial charge in [0.05, 0.1) is 12.6 Å². The van der Waals surface area contributed by atoms with E-state index in [1.807, 2.05) is 19.1 Å². The largest absolute Gasteiger partial charge is 0.387 e. The Balaban J connectivity index is 0.00000288. The van der Waals surface area contributed by atoms with Crippen LogP contribution in [-0.4, -0.2) is 29.1 Å². The molecule has 0 fully saturated rings. The van der Waals surface area contributed by atoms with Crippen LogP contribution in [-0.2, 0) is 6.54 Å². The van der Waals surface area contributed by atoms with Gasteiger partial charge in [-0.2, -0.15) is 0 Å². The van der Waals surface area contributed by atoms with Crippen LogP contribution in [0.5, 0.6) is 0 Å². The second-order valence-electron chi connectivity index (χ2n) is 5.36. The number of benzene rings is 1. The monoisotopic (exact) mass is 440 g/mol. The maximum absolute atomic E-state index is 10.2. The molecule has 1 atom stereocenters. The van der Waals surface area contributed by atoms with Gasteiger partial charge in [0.25, 0.3) is 0 Å². The summed E-state index contributed by atoms with van der Waals surface area (Å²) in [5, 5.41) is 16.5. The quantitative estimate of drug-likeness (QED) is 0.367. The van der Waals surface area contributed by atoms with E-state index in [0.717, 1.165) is 17.7 Å². The van der Waals surface area contributed by atoms with Gasteiger partial charge in [0.15, 0.2) is 5.96 Å². The molecule has 5 nitrogen and oxygen atoms in total. The van der Waals surface area contributed by atoms with E-state index in [4.69, 9.17) is 0 Å². The molecule has 0 aliphatic heterocycles. The summed E-state index contributed by atoms with van der Waals surface area (Å²) in [7, 11) is 0. The van der Waals surface area contributed by atoms with Gasteiger partial charge in [0, 0.05) is 25.5 Å². The maximum Gasteiger partial charge on any atom is 0.191 e. The van der Waals surface area contributed by atoms with Crippen molar-refractivity contribution in [3.8, 4) is 0 Å². The number of hydrogen-bond acceptors (Lipinski definition) is 3. The number of rotatable bonds is 6. The summed E-state index contributed by atoms with van der Waals surface area (Å²) < 4.78 is 0. The van der Waals surface area contributed by atoms with Gasteiger partial charge in [-0.3, -0.25) is 4.98 Å². The lowest BCUT2D eigenvalue weighted by Crippen LogP contribution is -2.39. The van der Waals surface area contributed by atoms with E-state index in [9.17, 15) is 5.11 Å². The van der Waals surface area contributed by atoms with E-state index >= 15 is 0 Å². The molecule has 0 amide bonds. The van der Waals surface area contributed by atoms with E-state index in [2.05, 4.69) is 51.8 Å². The van der Waals surface area contributed by atoms with Gasteiger partial charge >= 0.3 is 0 Å². The van der Waals surface area contributed by atoms with Crippen LogP contribution in [0.25, 0.3) is 0 Å². The number of pyridine rings is 1. The molecule has 1 unspecified atom stereocenters. The van der Waals surface area contributed by atoms with E-state index in [0.29, 0.717) is 19.0 Å². The Hall–Kier alpha value is -1.67. The molecule has 1 heterocycles. The standard InChI is InChI=1S/C18H24N4O.HI/c1-3-20-18(21-12-15-6-4-14(2)5-7-15)22-13-17(23)16-8-10-19-11-9-16;/h4-11,17,23H,3,12-13H2,1-2H3,(H2,20,21,22);1H. The lowest BCUT2D eigenvalue weighted by molar-refractivity contribution is 0.180. The summed E-state index contributed by atoms with van der Waals surface area (Å²) >= 11 is 0. The molecule has 0 saturated carbocycles. The zero-order valence-corrected chi connectivity index (χ0v) is 16.4. The molecule has 130 valence electrons. The Bertz CT molecular complexity index is 617. The molecular formula is C18H25IN4O. The number of nitrogens with one attached hydrogen (secondary N) is 2. The third-order valence-electron chi connectivity index (χ3n) is 3.44. The molecular weight excluding hydrogens is 415 g/mol. The Kier molecular flexibility index (Phi) is 9.33. The van der Waals surface area contributed by atoms with E-state index in [-0.39, 0.29) is 24.0 Å². The smallest absolute Gasteiger partial charge is 0.191 e. The van der Waals surface area contributed by atoms with Crippen molar-refractivity contribution in [1.82, 2.24) is 15.6 Å². The van der Waals surface area contributed by atoms with Crippen molar-refractivity contribution in [2.24, 2.45) is 4.99 Å². The van der Waals surface area contributed by atoms with E-state index < -0.39 is 6.10 Å². The third-order valence-corrected chi connectivity index (χ3v) is 3.44. The minimum absolute atomic E-state index is 0. The molecule has 0 radical (unpaired) electrons.